The molecule has 0 atom stereocenters. The summed E-state index contributed by atoms with van der Waals surface area (Å²) in [4.78, 5) is 11.3. The van der Waals surface area contributed by atoms with Crippen molar-refractivity contribution in [3.63, 3.8) is 0 Å². The predicted molar refractivity (Wildman–Crippen MR) is 65.2 cm³/mol. The number of benzene rings is 1. The first kappa shape index (κ1) is 12.5. The summed E-state index contributed by atoms with van der Waals surface area (Å²) in [6, 6.07) is 8.60. The molecule has 0 saturated carbocycles. The highest BCUT2D eigenvalue weighted by molar-refractivity contribution is 7.88. The third kappa shape index (κ3) is 2.63. The number of ketones is 1. The molecular formula is C11H10N2O4S. The van der Waals surface area contributed by atoms with Crippen molar-refractivity contribution in [2.75, 3.05) is 6.61 Å². The van der Waals surface area contributed by atoms with Crippen molar-refractivity contribution in [3.05, 3.63) is 47.7 Å². The highest BCUT2D eigenvalue weighted by Gasteiger charge is 2.22. The van der Waals surface area contributed by atoms with Gasteiger partial charge in [-0.05, 0) is 6.08 Å². The van der Waals surface area contributed by atoms with E-state index < -0.39 is 22.6 Å². The Morgan fingerprint density at radius 1 is 1.28 bits per heavy atom. The van der Waals surface area contributed by atoms with Crippen molar-refractivity contribution >= 4 is 21.7 Å². The Kier molecular flexibility index (Phi) is 3.26. The summed E-state index contributed by atoms with van der Waals surface area (Å²) in [5, 5.41) is 8.75. The molecule has 0 fully saturated rings. The van der Waals surface area contributed by atoms with E-state index in [1.54, 1.807) is 30.3 Å². The molecule has 94 valence electrons. The summed E-state index contributed by atoms with van der Waals surface area (Å²) in [5.41, 5.74) is 0.545. The number of aliphatic hydroxyl groups excluding tert-OH is 1. The van der Waals surface area contributed by atoms with Gasteiger partial charge in [0.05, 0.1) is 11.4 Å². The highest BCUT2D eigenvalue weighted by atomic mass is 32.2. The number of Topliss-reactive ketones (excluding diaryl/α,β-unsaturated/α-hetero) is 1. The van der Waals surface area contributed by atoms with E-state index in [1.807, 2.05) is 4.72 Å². The molecule has 1 heterocycles. The van der Waals surface area contributed by atoms with Crippen LogP contribution in [0, 0.1) is 0 Å². The van der Waals surface area contributed by atoms with Gasteiger partial charge in [-0.2, -0.15) is 8.42 Å². The molecule has 0 radical (unpaired) electrons. The quantitative estimate of drug-likeness (QED) is 0.789. The maximum Gasteiger partial charge on any atom is 0.342 e. The monoisotopic (exact) mass is 266 g/mol. The van der Waals surface area contributed by atoms with Crippen LogP contribution in [0.4, 0.5) is 0 Å². The fourth-order valence-corrected chi connectivity index (χ4v) is 2.36. The molecule has 2 rings (SSSR count). The Morgan fingerprint density at radius 3 is 2.56 bits per heavy atom. The summed E-state index contributed by atoms with van der Waals surface area (Å²) in [6.45, 7) is -0.767. The second kappa shape index (κ2) is 4.71. The zero-order valence-electron chi connectivity index (χ0n) is 9.20. The van der Waals surface area contributed by atoms with Gasteiger partial charge in [0.15, 0.2) is 0 Å². The summed E-state index contributed by atoms with van der Waals surface area (Å²) in [6.07, 6.45) is 1.30. The maximum atomic E-state index is 11.5. The highest BCUT2D eigenvalue weighted by Crippen LogP contribution is 2.12. The number of rotatable bonds is 3. The smallest absolute Gasteiger partial charge is 0.342 e. The third-order valence-electron chi connectivity index (χ3n) is 2.25. The number of hydrogen-bond acceptors (Lipinski definition) is 4. The molecule has 0 aliphatic carbocycles. The van der Waals surface area contributed by atoms with Gasteiger partial charge in [0.2, 0.25) is 5.78 Å². The molecule has 1 aliphatic rings. The maximum absolute atomic E-state index is 11.5. The minimum absolute atomic E-state index is 0.158. The van der Waals surface area contributed by atoms with Crippen LogP contribution in [0.2, 0.25) is 0 Å². The van der Waals surface area contributed by atoms with Crippen LogP contribution >= 0.6 is 0 Å². The van der Waals surface area contributed by atoms with Gasteiger partial charge in [0.25, 0.3) is 0 Å². The van der Waals surface area contributed by atoms with E-state index in [1.165, 1.54) is 6.08 Å². The molecule has 0 aromatic heterocycles. The predicted octanol–water partition coefficient (Wildman–Crippen LogP) is -0.231. The summed E-state index contributed by atoms with van der Waals surface area (Å²) in [5.74, 6) is -0.707. The molecule has 0 saturated heterocycles. The zero-order valence-corrected chi connectivity index (χ0v) is 10.0. The normalized spacial score (nSPS) is 17.4. The first-order valence-electron chi connectivity index (χ1n) is 5.06. The minimum atomic E-state index is -3.95. The van der Waals surface area contributed by atoms with E-state index in [4.69, 9.17) is 5.11 Å². The van der Waals surface area contributed by atoms with Crippen molar-refractivity contribution in [2.24, 2.45) is 4.40 Å². The minimum Gasteiger partial charge on any atom is -0.388 e. The van der Waals surface area contributed by atoms with Crippen molar-refractivity contribution < 1.29 is 18.3 Å². The molecule has 0 spiro atoms. The van der Waals surface area contributed by atoms with E-state index in [-0.39, 0.29) is 11.4 Å². The third-order valence-corrected chi connectivity index (χ3v) is 3.17. The lowest BCUT2D eigenvalue weighted by Crippen LogP contribution is -2.32. The molecule has 1 aromatic rings. The number of carbonyl (C=O) groups excluding carboxylic acids is 1. The molecule has 1 aliphatic heterocycles. The van der Waals surface area contributed by atoms with Crippen LogP contribution in [0.3, 0.4) is 0 Å². The largest absolute Gasteiger partial charge is 0.388 e. The van der Waals surface area contributed by atoms with E-state index in [0.717, 1.165) is 0 Å². The van der Waals surface area contributed by atoms with Gasteiger partial charge in [-0.1, -0.05) is 30.3 Å². The van der Waals surface area contributed by atoms with Gasteiger partial charge < -0.3 is 5.11 Å². The molecule has 7 heteroatoms. The number of nitrogens with zero attached hydrogens (tertiary/aromatic N) is 1. The number of carbonyl (C=O) groups is 1. The molecule has 18 heavy (non-hydrogen) atoms. The lowest BCUT2D eigenvalue weighted by molar-refractivity contribution is -0.118. The SMILES string of the molecule is O=C(CO)C1=CC(c2ccccc2)=NS(=O)(=O)N1. The van der Waals surface area contributed by atoms with E-state index >= 15 is 0 Å². The molecular weight excluding hydrogens is 256 g/mol. The Labute approximate surface area is 104 Å². The second-order valence-corrected chi connectivity index (χ2v) is 4.90. The molecule has 0 bridgehead atoms. The van der Waals surface area contributed by atoms with Gasteiger partial charge in [0.1, 0.15) is 6.61 Å². The number of nitrogens with one attached hydrogen (secondary N) is 1. The summed E-state index contributed by atoms with van der Waals surface area (Å²) < 4.78 is 28.5. The molecule has 1 aromatic carbocycles. The number of hydrogen-bond donors (Lipinski definition) is 2. The first-order valence-corrected chi connectivity index (χ1v) is 6.50. The van der Waals surface area contributed by atoms with Crippen molar-refractivity contribution in [3.8, 4) is 0 Å². The standard InChI is InChI=1S/C11H10N2O4S/c14-7-11(15)10-6-9(12-18(16,17)13-10)8-4-2-1-3-5-8/h1-6,13-14H,7H2. The van der Waals surface area contributed by atoms with Crippen LogP contribution in [-0.2, 0) is 15.0 Å². The van der Waals surface area contributed by atoms with E-state index in [9.17, 15) is 13.2 Å². The van der Waals surface area contributed by atoms with Gasteiger partial charge in [-0.3, -0.25) is 9.52 Å². The van der Waals surface area contributed by atoms with Gasteiger partial charge >= 0.3 is 10.2 Å². The van der Waals surface area contributed by atoms with Crippen molar-refractivity contribution in [2.45, 2.75) is 0 Å². The molecule has 2 N–H and O–H groups in total. The van der Waals surface area contributed by atoms with Crippen molar-refractivity contribution in [1.82, 2.24) is 4.72 Å². The van der Waals surface area contributed by atoms with Gasteiger partial charge in [-0.15, -0.1) is 4.40 Å². The number of allylic oxidation sites excluding steroid dienone is 1. The Morgan fingerprint density at radius 2 is 1.94 bits per heavy atom. The first-order chi connectivity index (χ1) is 8.52. The Balaban J connectivity index is 2.49. The van der Waals surface area contributed by atoms with Crippen LogP contribution in [0.15, 0.2) is 46.5 Å². The zero-order chi connectivity index (χ0) is 13.2. The van der Waals surface area contributed by atoms with E-state index in [0.29, 0.717) is 5.56 Å². The fourth-order valence-electron chi connectivity index (χ4n) is 1.45. The van der Waals surface area contributed by atoms with E-state index in [2.05, 4.69) is 4.40 Å². The van der Waals surface area contributed by atoms with Gasteiger partial charge in [-0.25, -0.2) is 0 Å². The van der Waals surface area contributed by atoms with Crippen LogP contribution in [-0.4, -0.2) is 31.6 Å². The summed E-state index contributed by atoms with van der Waals surface area (Å²) >= 11 is 0. The topological polar surface area (TPSA) is 95.8 Å². The Bertz CT molecular complexity index is 632. The van der Waals surface area contributed by atoms with Crippen LogP contribution < -0.4 is 4.72 Å². The lowest BCUT2D eigenvalue weighted by Gasteiger charge is -2.13. The number of aliphatic hydroxyl groups is 1. The molecule has 6 nitrogen and oxygen atoms in total. The average Bonchev–Trinajstić information content (AvgIpc) is 2.37. The Hall–Kier alpha value is -1.99. The second-order valence-electron chi connectivity index (χ2n) is 3.56. The van der Waals surface area contributed by atoms with Crippen LogP contribution in [0.1, 0.15) is 5.56 Å². The average molecular weight is 266 g/mol. The summed E-state index contributed by atoms with van der Waals surface area (Å²) in [7, 11) is -3.95. The van der Waals surface area contributed by atoms with Crippen LogP contribution in [0.25, 0.3) is 0 Å². The molecule has 0 unspecified atom stereocenters. The fraction of sp³-hybridized carbons (Fsp3) is 0.0909. The lowest BCUT2D eigenvalue weighted by atomic mass is 10.1. The van der Waals surface area contributed by atoms with Crippen LogP contribution in [0.5, 0.6) is 0 Å². The molecule has 0 amide bonds. The van der Waals surface area contributed by atoms with Crippen molar-refractivity contribution in [1.29, 1.82) is 0 Å². The van der Waals surface area contributed by atoms with Gasteiger partial charge in [0, 0.05) is 5.56 Å².